The van der Waals surface area contributed by atoms with Crippen LogP contribution in [0.5, 0.6) is 0 Å². The Hall–Kier alpha value is -2.08. The second-order valence-electron chi connectivity index (χ2n) is 7.68. The molecule has 0 saturated heterocycles. The molecule has 1 aliphatic rings. The number of ether oxygens (including phenoxy) is 1. The molecule has 140 valence electrons. The maximum absolute atomic E-state index is 13.0. The molecule has 2 atom stereocenters. The summed E-state index contributed by atoms with van der Waals surface area (Å²) in [5.41, 5.74) is 0.0593. The number of fused-ring (bicyclic) bond motifs is 1. The molecule has 2 unspecified atom stereocenters. The molecule has 0 N–H and O–H groups in total. The highest BCUT2D eigenvalue weighted by atomic mass is 35.5. The third-order valence-corrected chi connectivity index (χ3v) is 4.74. The molecule has 7 heteroatoms. The van der Waals surface area contributed by atoms with Gasteiger partial charge in [-0.15, -0.1) is 0 Å². The van der Waals surface area contributed by atoms with E-state index in [2.05, 4.69) is 5.10 Å². The van der Waals surface area contributed by atoms with Gasteiger partial charge >= 0.3 is 11.7 Å². The number of hydrogen-bond acceptors (Lipinski definition) is 4. The third-order valence-electron chi connectivity index (χ3n) is 4.49. The van der Waals surface area contributed by atoms with E-state index >= 15 is 0 Å². The lowest BCUT2D eigenvalue weighted by Gasteiger charge is -2.26. The second kappa shape index (κ2) is 6.91. The highest BCUT2D eigenvalue weighted by Gasteiger charge is 2.34. The number of aryl methyl sites for hydroxylation is 1. The monoisotopic (exact) mass is 377 g/mol. The Morgan fingerprint density at radius 3 is 2.58 bits per heavy atom. The predicted octanol–water partition coefficient (Wildman–Crippen LogP) is 3.53. The Labute approximate surface area is 157 Å². The van der Waals surface area contributed by atoms with Gasteiger partial charge in [-0.25, -0.2) is 14.3 Å². The number of benzene rings is 1. The van der Waals surface area contributed by atoms with Crippen LogP contribution < -0.4 is 5.69 Å². The molecule has 0 saturated carbocycles. The van der Waals surface area contributed by atoms with E-state index in [4.69, 9.17) is 16.3 Å². The van der Waals surface area contributed by atoms with Crippen LogP contribution in [0, 0.1) is 0 Å². The van der Waals surface area contributed by atoms with Crippen molar-refractivity contribution in [2.24, 2.45) is 0 Å². The topological polar surface area (TPSA) is 66.1 Å². The van der Waals surface area contributed by atoms with Crippen molar-refractivity contribution >= 4 is 17.6 Å². The Kier molecular flexibility index (Phi) is 4.97. The standard InChI is InChI=1S/C19H24ClN3O3/c1-12(13-8-10-14(20)11-9-13)23-18(25)22-15(6-5-7-16(22)21-23)17(24)26-19(2,3)4/h8-12,15H,5-7H2,1-4H3. The van der Waals surface area contributed by atoms with Crippen molar-refractivity contribution in [1.82, 2.24) is 14.3 Å². The molecule has 0 radical (unpaired) electrons. The first-order valence-electron chi connectivity index (χ1n) is 8.85. The zero-order chi connectivity index (χ0) is 19.1. The molecule has 0 bridgehead atoms. The van der Waals surface area contributed by atoms with Gasteiger partial charge in [0.1, 0.15) is 17.5 Å². The fourth-order valence-electron chi connectivity index (χ4n) is 3.23. The molecule has 0 fully saturated rings. The summed E-state index contributed by atoms with van der Waals surface area (Å²) in [4.78, 5) is 25.6. The summed E-state index contributed by atoms with van der Waals surface area (Å²) in [5, 5.41) is 5.15. The van der Waals surface area contributed by atoms with Gasteiger partial charge in [0.25, 0.3) is 0 Å². The van der Waals surface area contributed by atoms with Gasteiger partial charge in [0.2, 0.25) is 0 Å². The average Bonchev–Trinajstić information content (AvgIpc) is 2.90. The first-order chi connectivity index (χ1) is 12.2. The first-order valence-corrected chi connectivity index (χ1v) is 9.23. The minimum atomic E-state index is -0.614. The number of hydrogen-bond donors (Lipinski definition) is 0. The fourth-order valence-corrected chi connectivity index (χ4v) is 3.36. The SMILES string of the molecule is CC(c1ccc(Cl)cc1)n1nc2n(c1=O)C(C(=O)OC(C)(C)C)CCC2. The molecule has 3 rings (SSSR count). The predicted molar refractivity (Wildman–Crippen MR) is 99.6 cm³/mol. The van der Waals surface area contributed by atoms with E-state index in [1.165, 1.54) is 9.25 Å². The largest absolute Gasteiger partial charge is 0.458 e. The minimum Gasteiger partial charge on any atom is -0.458 e. The molecule has 1 aromatic carbocycles. The van der Waals surface area contributed by atoms with Gasteiger partial charge in [-0.1, -0.05) is 23.7 Å². The first kappa shape index (κ1) is 18.7. The average molecular weight is 378 g/mol. The number of halogens is 1. The molecule has 0 spiro atoms. The molecule has 26 heavy (non-hydrogen) atoms. The van der Waals surface area contributed by atoms with Crippen LogP contribution in [-0.2, 0) is 16.0 Å². The maximum Gasteiger partial charge on any atom is 0.347 e. The van der Waals surface area contributed by atoms with Gasteiger partial charge in [0.15, 0.2) is 0 Å². The molecule has 2 heterocycles. The van der Waals surface area contributed by atoms with E-state index in [0.717, 1.165) is 12.0 Å². The smallest absolute Gasteiger partial charge is 0.347 e. The van der Waals surface area contributed by atoms with Gasteiger partial charge in [-0.05, 0) is 58.2 Å². The Balaban J connectivity index is 1.96. The lowest BCUT2D eigenvalue weighted by molar-refractivity contribution is -0.159. The summed E-state index contributed by atoms with van der Waals surface area (Å²) in [6.45, 7) is 7.38. The van der Waals surface area contributed by atoms with Gasteiger partial charge in [0.05, 0.1) is 6.04 Å². The zero-order valence-corrected chi connectivity index (χ0v) is 16.3. The highest BCUT2D eigenvalue weighted by molar-refractivity contribution is 6.30. The van der Waals surface area contributed by atoms with E-state index in [-0.39, 0.29) is 17.7 Å². The summed E-state index contributed by atoms with van der Waals surface area (Å²) in [7, 11) is 0. The summed E-state index contributed by atoms with van der Waals surface area (Å²) in [6.07, 6.45) is 2.06. The van der Waals surface area contributed by atoms with Crippen LogP contribution >= 0.6 is 11.6 Å². The molecule has 0 amide bonds. The lowest BCUT2D eigenvalue weighted by Crippen LogP contribution is -2.38. The van der Waals surface area contributed by atoms with Crippen molar-refractivity contribution in [1.29, 1.82) is 0 Å². The minimum absolute atomic E-state index is 0.253. The van der Waals surface area contributed by atoms with Crippen LogP contribution in [0.1, 0.15) is 64.0 Å². The van der Waals surface area contributed by atoms with Crippen LogP contribution in [-0.4, -0.2) is 25.9 Å². The number of carbonyl (C=O) groups is 1. The number of rotatable bonds is 3. The van der Waals surface area contributed by atoms with Crippen molar-refractivity contribution < 1.29 is 9.53 Å². The van der Waals surface area contributed by atoms with Gasteiger partial charge in [-0.2, -0.15) is 5.10 Å². The maximum atomic E-state index is 13.0. The van der Waals surface area contributed by atoms with E-state index in [1.54, 1.807) is 12.1 Å². The molecule has 6 nitrogen and oxygen atoms in total. The van der Waals surface area contributed by atoms with Crippen LogP contribution in [0.15, 0.2) is 29.1 Å². The van der Waals surface area contributed by atoms with E-state index in [0.29, 0.717) is 23.7 Å². The van der Waals surface area contributed by atoms with E-state index in [9.17, 15) is 9.59 Å². The van der Waals surface area contributed by atoms with Crippen LogP contribution in [0.4, 0.5) is 0 Å². The highest BCUT2D eigenvalue weighted by Crippen LogP contribution is 2.26. The van der Waals surface area contributed by atoms with Crippen molar-refractivity contribution in [3.8, 4) is 0 Å². The number of esters is 1. The van der Waals surface area contributed by atoms with Crippen LogP contribution in [0.25, 0.3) is 0 Å². The van der Waals surface area contributed by atoms with Crippen molar-refractivity contribution in [3.63, 3.8) is 0 Å². The lowest BCUT2D eigenvalue weighted by atomic mass is 10.0. The zero-order valence-electron chi connectivity index (χ0n) is 15.5. The number of aromatic nitrogens is 3. The van der Waals surface area contributed by atoms with Crippen molar-refractivity contribution in [3.05, 3.63) is 51.2 Å². The molecule has 0 aliphatic carbocycles. The van der Waals surface area contributed by atoms with Crippen LogP contribution in [0.3, 0.4) is 0 Å². The summed E-state index contributed by atoms with van der Waals surface area (Å²) in [6, 6.07) is 6.47. The van der Waals surface area contributed by atoms with Gasteiger partial charge in [0, 0.05) is 11.4 Å². The van der Waals surface area contributed by atoms with Crippen molar-refractivity contribution in [2.75, 3.05) is 0 Å². The Morgan fingerprint density at radius 1 is 1.31 bits per heavy atom. The number of carbonyl (C=O) groups excluding carboxylic acids is 1. The molecular weight excluding hydrogens is 354 g/mol. The van der Waals surface area contributed by atoms with Gasteiger partial charge < -0.3 is 4.74 Å². The summed E-state index contributed by atoms with van der Waals surface area (Å²) >= 11 is 5.94. The van der Waals surface area contributed by atoms with Gasteiger partial charge in [-0.3, -0.25) is 4.57 Å². The number of nitrogens with zero attached hydrogens (tertiary/aromatic N) is 3. The van der Waals surface area contributed by atoms with E-state index in [1.807, 2.05) is 39.8 Å². The second-order valence-corrected chi connectivity index (χ2v) is 8.12. The van der Waals surface area contributed by atoms with Crippen LogP contribution in [0.2, 0.25) is 5.02 Å². The quantitative estimate of drug-likeness (QED) is 0.767. The summed E-state index contributed by atoms with van der Waals surface area (Å²) in [5.74, 6) is 0.261. The van der Waals surface area contributed by atoms with Crippen molar-refractivity contribution in [2.45, 2.75) is 64.6 Å². The summed E-state index contributed by atoms with van der Waals surface area (Å²) < 4.78 is 8.46. The Morgan fingerprint density at radius 2 is 1.96 bits per heavy atom. The molecular formula is C19H24ClN3O3. The normalized spacial score (nSPS) is 18.3. The Bertz CT molecular complexity index is 862. The van der Waals surface area contributed by atoms with E-state index < -0.39 is 11.6 Å². The fraction of sp³-hybridized carbons (Fsp3) is 0.526. The molecule has 1 aliphatic heterocycles. The molecule has 1 aromatic heterocycles. The third kappa shape index (κ3) is 3.70. The molecule has 2 aromatic rings.